The minimum Gasteiger partial charge on any atom is -0.387 e. The molecule has 5 N–H and O–H groups in total. The Balaban J connectivity index is 1.73. The summed E-state index contributed by atoms with van der Waals surface area (Å²) in [6.45, 7) is 14.3. The smallest absolute Gasteiger partial charge is 0.225 e. The molecule has 3 heterocycles. The SMILES string of the molecule is CO[C@]1(C)CC(O[C@H]2[C@H](C)[C@@H](O[C@@H]3OC(C)C[C@H](N(C)C)[C@H]3O)[C@](C)(O)C[C@@H](C)CNCC(Cc3ccccc3)NC(=O)[C@@H]2C)OC(C)[C@@H]1O. The second-order valence-electron chi connectivity index (χ2n) is 16.0. The number of methoxy groups -OCH3 is 1. The number of benzene rings is 1. The Morgan fingerprint density at radius 3 is 2.30 bits per heavy atom. The van der Waals surface area contributed by atoms with Crippen molar-refractivity contribution < 1.29 is 43.8 Å². The molecule has 1 aromatic rings. The number of hydrogen-bond acceptors (Lipinski definition) is 11. The van der Waals surface area contributed by atoms with E-state index in [9.17, 15) is 20.1 Å². The molecular weight excluding hydrogens is 642 g/mol. The zero-order valence-electron chi connectivity index (χ0n) is 31.9. The number of nitrogens with zero attached hydrogens (tertiary/aromatic N) is 1. The highest BCUT2D eigenvalue weighted by molar-refractivity contribution is 5.79. The fraction of sp³-hybridized carbons (Fsp3) is 0.816. The minimum absolute atomic E-state index is 0.0333. The van der Waals surface area contributed by atoms with E-state index >= 15 is 0 Å². The van der Waals surface area contributed by atoms with E-state index in [-0.39, 0.29) is 36.4 Å². The van der Waals surface area contributed by atoms with Crippen LogP contribution in [0.4, 0.5) is 0 Å². The van der Waals surface area contributed by atoms with Crippen LogP contribution in [-0.2, 0) is 34.9 Å². The topological polar surface area (TPSA) is 151 Å². The van der Waals surface area contributed by atoms with Gasteiger partial charge in [-0.15, -0.1) is 0 Å². The quantitative estimate of drug-likeness (QED) is 0.271. The summed E-state index contributed by atoms with van der Waals surface area (Å²) in [6, 6.07) is 9.66. The van der Waals surface area contributed by atoms with E-state index < -0.39 is 66.1 Å². The lowest BCUT2D eigenvalue weighted by Crippen LogP contribution is -2.60. The molecule has 1 amide bonds. The lowest BCUT2D eigenvalue weighted by molar-refractivity contribution is -0.317. The minimum atomic E-state index is -1.41. The normalized spacial score (nSPS) is 44.1. The Morgan fingerprint density at radius 1 is 0.980 bits per heavy atom. The lowest BCUT2D eigenvalue weighted by Gasteiger charge is -2.48. The van der Waals surface area contributed by atoms with Gasteiger partial charge in [-0.25, -0.2) is 0 Å². The summed E-state index contributed by atoms with van der Waals surface area (Å²) in [5, 5.41) is 41.6. The third kappa shape index (κ3) is 10.0. The van der Waals surface area contributed by atoms with Gasteiger partial charge in [0.15, 0.2) is 12.6 Å². The Morgan fingerprint density at radius 2 is 1.66 bits per heavy atom. The van der Waals surface area contributed by atoms with Gasteiger partial charge >= 0.3 is 0 Å². The van der Waals surface area contributed by atoms with Gasteiger partial charge < -0.3 is 54.5 Å². The summed E-state index contributed by atoms with van der Waals surface area (Å²) in [6.07, 6.45) is -4.36. The van der Waals surface area contributed by atoms with Gasteiger partial charge in [-0.1, -0.05) is 51.1 Å². The molecule has 0 radical (unpaired) electrons. The Kier molecular flexibility index (Phi) is 14.3. The highest BCUT2D eigenvalue weighted by Gasteiger charge is 2.51. The molecule has 286 valence electrons. The number of carbonyl (C=O) groups is 1. The summed E-state index contributed by atoms with van der Waals surface area (Å²) in [7, 11) is 5.39. The molecule has 3 saturated heterocycles. The first kappa shape index (κ1) is 41.1. The van der Waals surface area contributed by atoms with Crippen molar-refractivity contribution in [3.05, 3.63) is 35.9 Å². The number of ether oxygens (including phenoxy) is 5. The number of likely N-dealkylation sites (N-methyl/N-ethyl adjacent to an activating group) is 1. The number of carbonyl (C=O) groups excluding carboxylic acids is 1. The molecule has 12 nitrogen and oxygen atoms in total. The zero-order valence-corrected chi connectivity index (χ0v) is 31.9. The van der Waals surface area contributed by atoms with Crippen LogP contribution in [0.3, 0.4) is 0 Å². The van der Waals surface area contributed by atoms with Crippen LogP contribution in [0.2, 0.25) is 0 Å². The van der Waals surface area contributed by atoms with E-state index in [4.69, 9.17) is 23.7 Å². The van der Waals surface area contributed by atoms with Gasteiger partial charge in [0.05, 0.1) is 41.5 Å². The predicted molar refractivity (Wildman–Crippen MR) is 190 cm³/mol. The lowest BCUT2D eigenvalue weighted by atomic mass is 9.77. The largest absolute Gasteiger partial charge is 0.387 e. The van der Waals surface area contributed by atoms with Crippen molar-refractivity contribution in [2.24, 2.45) is 17.8 Å². The third-order valence-corrected chi connectivity index (χ3v) is 11.2. The summed E-state index contributed by atoms with van der Waals surface area (Å²) in [5.74, 6) is -1.48. The van der Waals surface area contributed by atoms with E-state index in [1.54, 1.807) is 21.0 Å². The van der Waals surface area contributed by atoms with Crippen molar-refractivity contribution in [1.82, 2.24) is 15.5 Å². The molecule has 4 rings (SSSR count). The number of hydrogen-bond donors (Lipinski definition) is 5. The monoisotopic (exact) mass is 707 g/mol. The van der Waals surface area contributed by atoms with Crippen LogP contribution in [-0.4, -0.2) is 133 Å². The van der Waals surface area contributed by atoms with E-state index in [1.165, 1.54) is 0 Å². The van der Waals surface area contributed by atoms with Gasteiger partial charge in [-0.3, -0.25) is 4.79 Å². The molecule has 0 spiro atoms. The van der Waals surface area contributed by atoms with Crippen molar-refractivity contribution in [3.63, 3.8) is 0 Å². The summed E-state index contributed by atoms with van der Waals surface area (Å²) < 4.78 is 31.7. The van der Waals surface area contributed by atoms with Crippen molar-refractivity contribution in [2.75, 3.05) is 34.3 Å². The molecular formula is C38H65N3O9. The number of amides is 1. The summed E-state index contributed by atoms with van der Waals surface area (Å²) >= 11 is 0. The molecule has 12 heteroatoms. The molecule has 1 aromatic carbocycles. The number of aliphatic hydroxyl groups is 3. The average Bonchev–Trinajstić information content (AvgIpc) is 3.05. The average molecular weight is 708 g/mol. The number of nitrogens with one attached hydrogen (secondary N) is 2. The van der Waals surface area contributed by atoms with Gasteiger partial charge in [-0.2, -0.15) is 0 Å². The summed E-state index contributed by atoms with van der Waals surface area (Å²) in [5.41, 5.74) is -1.24. The van der Waals surface area contributed by atoms with Crippen molar-refractivity contribution >= 4 is 5.91 Å². The maximum Gasteiger partial charge on any atom is 0.225 e. The van der Waals surface area contributed by atoms with Crippen LogP contribution < -0.4 is 10.6 Å². The van der Waals surface area contributed by atoms with Gasteiger partial charge in [0.2, 0.25) is 5.91 Å². The Labute approximate surface area is 299 Å². The van der Waals surface area contributed by atoms with Crippen LogP contribution in [0.25, 0.3) is 0 Å². The molecule has 0 aliphatic carbocycles. The maximum atomic E-state index is 14.3. The molecule has 15 atom stereocenters. The summed E-state index contributed by atoms with van der Waals surface area (Å²) in [4.78, 5) is 16.2. The van der Waals surface area contributed by atoms with Crippen LogP contribution in [0.5, 0.6) is 0 Å². The van der Waals surface area contributed by atoms with Crippen molar-refractivity contribution in [3.8, 4) is 0 Å². The highest BCUT2D eigenvalue weighted by Crippen LogP contribution is 2.39. The molecule has 4 unspecified atom stereocenters. The third-order valence-electron chi connectivity index (χ3n) is 11.2. The maximum absolute atomic E-state index is 14.3. The fourth-order valence-corrected chi connectivity index (χ4v) is 8.23. The van der Waals surface area contributed by atoms with Gasteiger partial charge in [0.25, 0.3) is 0 Å². The zero-order chi connectivity index (χ0) is 37.0. The standard InChI is InChI=1S/C38H65N3O9/c1-22-18-37(6,45)34(50-36-31(42)29(41(8)9)16-23(2)47-36)24(3)32(49-30-19-38(7,46-10)33(43)26(5)48-30)25(4)35(44)40-28(21-39-20-22)17-27-14-12-11-13-15-27/h11-15,22-26,28-34,36,39,42-43,45H,16-21H2,1-10H3,(H,40,44)/t22-,23?,24+,25-,26?,28?,29+,30?,31-,32+,33+,34-,36+,37-,38-/m1/s1. The van der Waals surface area contributed by atoms with Gasteiger partial charge in [0.1, 0.15) is 12.2 Å². The number of rotatable bonds is 8. The first-order valence-corrected chi connectivity index (χ1v) is 18.4. The predicted octanol–water partition coefficient (Wildman–Crippen LogP) is 2.46. The first-order valence-electron chi connectivity index (χ1n) is 18.4. The molecule has 0 aromatic heterocycles. The van der Waals surface area contributed by atoms with Crippen LogP contribution in [0.1, 0.15) is 73.3 Å². The Bertz CT molecular complexity index is 1210. The van der Waals surface area contributed by atoms with E-state index in [1.807, 2.05) is 64.9 Å². The van der Waals surface area contributed by atoms with E-state index in [2.05, 4.69) is 29.7 Å². The second kappa shape index (κ2) is 17.4. The number of aliphatic hydroxyl groups excluding tert-OH is 2. The van der Waals surface area contributed by atoms with Crippen LogP contribution >= 0.6 is 0 Å². The van der Waals surface area contributed by atoms with Gasteiger partial charge in [0, 0.05) is 38.1 Å². The van der Waals surface area contributed by atoms with Crippen molar-refractivity contribution in [2.45, 2.75) is 147 Å². The van der Waals surface area contributed by atoms with Crippen LogP contribution in [0, 0.1) is 17.8 Å². The van der Waals surface area contributed by atoms with Gasteiger partial charge in [-0.05, 0) is 79.1 Å². The molecule has 3 fully saturated rings. The highest BCUT2D eigenvalue weighted by atomic mass is 16.7. The molecule has 0 saturated carbocycles. The van der Waals surface area contributed by atoms with Crippen molar-refractivity contribution in [1.29, 1.82) is 0 Å². The van der Waals surface area contributed by atoms with E-state index in [0.717, 1.165) is 5.56 Å². The second-order valence-corrected chi connectivity index (χ2v) is 16.0. The molecule has 3 aliphatic heterocycles. The molecule has 0 bridgehead atoms. The fourth-order valence-electron chi connectivity index (χ4n) is 8.23. The Hall–Kier alpha value is -1.71. The molecule has 50 heavy (non-hydrogen) atoms. The van der Waals surface area contributed by atoms with Crippen LogP contribution in [0.15, 0.2) is 30.3 Å². The molecule has 3 aliphatic rings. The first-order chi connectivity index (χ1) is 23.5. The van der Waals surface area contributed by atoms with E-state index in [0.29, 0.717) is 32.4 Å².